The number of pyridine rings is 1. The molecular weight excluding hydrogens is 358 g/mol. The quantitative estimate of drug-likeness (QED) is 0.600. The Bertz CT molecular complexity index is 847. The number of aromatic nitrogens is 1. The fourth-order valence-electron chi connectivity index (χ4n) is 2.10. The van der Waals surface area contributed by atoms with Crippen LogP contribution >= 0.6 is 22.7 Å². The first-order valence-corrected chi connectivity index (χ1v) is 9.12. The second-order valence-electron chi connectivity index (χ2n) is 5.10. The molecule has 3 heterocycles. The first-order valence-electron chi connectivity index (χ1n) is 7.43. The molecule has 0 unspecified atom stereocenters. The summed E-state index contributed by atoms with van der Waals surface area (Å²) in [5, 5.41) is 17.2. The van der Waals surface area contributed by atoms with Crippen molar-refractivity contribution in [3.8, 4) is 0 Å². The highest BCUT2D eigenvalue weighted by atomic mass is 32.1. The van der Waals surface area contributed by atoms with Gasteiger partial charge in [-0.15, -0.1) is 22.7 Å². The first kappa shape index (κ1) is 17.3. The van der Waals surface area contributed by atoms with Crippen LogP contribution in [0.5, 0.6) is 0 Å². The Morgan fingerprint density at radius 3 is 2.72 bits per heavy atom. The van der Waals surface area contributed by atoms with E-state index >= 15 is 0 Å². The van der Waals surface area contributed by atoms with Crippen LogP contribution in [-0.4, -0.2) is 21.9 Å². The molecule has 1 atom stereocenters. The summed E-state index contributed by atoms with van der Waals surface area (Å²) in [6.07, 6.45) is 2.38. The van der Waals surface area contributed by atoms with Crippen LogP contribution in [0.1, 0.15) is 20.7 Å². The minimum Gasteiger partial charge on any atom is -0.382 e. The van der Waals surface area contributed by atoms with E-state index in [-0.39, 0.29) is 6.54 Å². The second kappa shape index (κ2) is 8.02. The van der Waals surface area contributed by atoms with Crippen LogP contribution < -0.4 is 10.6 Å². The standard InChI is InChI=1S/C17H15N3O3S2/c21-15(13-4-2-8-24-13)14-6-5-12(25-14)10-19-16(22)17(23)20-11-3-1-7-18-9-11/h1-9,15,21H,10H2,(H,19,22)(H,20,23)/t15-/m1/s1. The number of hydrogen-bond donors (Lipinski definition) is 3. The van der Waals surface area contributed by atoms with Crippen LogP contribution in [0.15, 0.2) is 54.2 Å². The van der Waals surface area contributed by atoms with Crippen molar-refractivity contribution in [2.45, 2.75) is 12.6 Å². The third-order valence-electron chi connectivity index (χ3n) is 3.31. The summed E-state index contributed by atoms with van der Waals surface area (Å²) in [4.78, 5) is 30.1. The normalized spacial score (nSPS) is 11.7. The van der Waals surface area contributed by atoms with E-state index in [0.717, 1.165) is 14.6 Å². The number of hydrogen-bond acceptors (Lipinski definition) is 6. The van der Waals surface area contributed by atoms with Gasteiger partial charge in [0.05, 0.1) is 18.4 Å². The SMILES string of the molecule is O=C(NCc1ccc([C@H](O)c2cccs2)s1)C(=O)Nc1cccnc1. The van der Waals surface area contributed by atoms with E-state index in [1.165, 1.54) is 28.9 Å². The Balaban J connectivity index is 1.53. The summed E-state index contributed by atoms with van der Waals surface area (Å²) >= 11 is 2.88. The second-order valence-corrected chi connectivity index (χ2v) is 7.28. The zero-order valence-electron chi connectivity index (χ0n) is 13.0. The van der Waals surface area contributed by atoms with Gasteiger partial charge in [-0.05, 0) is 35.7 Å². The van der Waals surface area contributed by atoms with Gasteiger partial charge in [-0.25, -0.2) is 0 Å². The highest BCUT2D eigenvalue weighted by molar-refractivity contribution is 7.12. The minimum absolute atomic E-state index is 0.223. The van der Waals surface area contributed by atoms with E-state index in [1.54, 1.807) is 18.3 Å². The molecule has 3 aromatic rings. The molecule has 6 nitrogen and oxygen atoms in total. The zero-order valence-corrected chi connectivity index (χ0v) is 14.6. The number of aliphatic hydroxyl groups excluding tert-OH is 1. The highest BCUT2D eigenvalue weighted by Gasteiger charge is 2.16. The van der Waals surface area contributed by atoms with Crippen molar-refractivity contribution in [2.75, 3.05) is 5.32 Å². The first-order chi connectivity index (χ1) is 12.1. The van der Waals surface area contributed by atoms with Crippen LogP contribution in [0.3, 0.4) is 0 Å². The number of nitrogens with one attached hydrogen (secondary N) is 2. The number of rotatable bonds is 5. The van der Waals surface area contributed by atoms with E-state index < -0.39 is 17.9 Å². The molecule has 3 aromatic heterocycles. The van der Waals surface area contributed by atoms with Crippen molar-refractivity contribution in [2.24, 2.45) is 0 Å². The lowest BCUT2D eigenvalue weighted by atomic mass is 10.2. The van der Waals surface area contributed by atoms with Crippen molar-refractivity contribution in [3.63, 3.8) is 0 Å². The molecule has 0 aromatic carbocycles. The Kier molecular flexibility index (Phi) is 5.54. The predicted molar refractivity (Wildman–Crippen MR) is 97.4 cm³/mol. The maximum Gasteiger partial charge on any atom is 0.313 e. The molecule has 0 saturated carbocycles. The Hall–Kier alpha value is -2.55. The molecule has 0 aliphatic carbocycles. The van der Waals surface area contributed by atoms with Crippen LogP contribution in [0.25, 0.3) is 0 Å². The Morgan fingerprint density at radius 2 is 2.00 bits per heavy atom. The van der Waals surface area contributed by atoms with Gasteiger partial charge in [0, 0.05) is 20.8 Å². The van der Waals surface area contributed by atoms with E-state index in [0.29, 0.717) is 5.69 Å². The molecule has 0 spiro atoms. The van der Waals surface area contributed by atoms with Gasteiger partial charge in [0.2, 0.25) is 0 Å². The third-order valence-corrected chi connectivity index (χ3v) is 5.38. The number of thiophene rings is 2. The summed E-state index contributed by atoms with van der Waals surface area (Å²) in [5.41, 5.74) is 0.458. The largest absolute Gasteiger partial charge is 0.382 e. The van der Waals surface area contributed by atoms with Gasteiger partial charge in [0.1, 0.15) is 6.10 Å². The molecule has 25 heavy (non-hydrogen) atoms. The van der Waals surface area contributed by atoms with Gasteiger partial charge >= 0.3 is 11.8 Å². The van der Waals surface area contributed by atoms with Gasteiger partial charge in [-0.2, -0.15) is 0 Å². The zero-order chi connectivity index (χ0) is 17.6. The van der Waals surface area contributed by atoms with E-state index in [1.807, 2.05) is 29.6 Å². The summed E-state index contributed by atoms with van der Waals surface area (Å²) < 4.78 is 0. The summed E-state index contributed by atoms with van der Waals surface area (Å²) in [6.45, 7) is 0.223. The van der Waals surface area contributed by atoms with Gasteiger partial charge in [-0.1, -0.05) is 6.07 Å². The number of carbonyl (C=O) groups excluding carboxylic acids is 2. The average molecular weight is 373 g/mol. The molecule has 0 radical (unpaired) electrons. The van der Waals surface area contributed by atoms with E-state index in [2.05, 4.69) is 15.6 Å². The molecule has 0 aliphatic rings. The van der Waals surface area contributed by atoms with Crippen molar-refractivity contribution < 1.29 is 14.7 Å². The lowest BCUT2D eigenvalue weighted by molar-refractivity contribution is -0.136. The van der Waals surface area contributed by atoms with Crippen LogP contribution in [-0.2, 0) is 16.1 Å². The van der Waals surface area contributed by atoms with Crippen molar-refractivity contribution in [1.82, 2.24) is 10.3 Å². The highest BCUT2D eigenvalue weighted by Crippen LogP contribution is 2.30. The number of anilines is 1. The fourth-order valence-corrected chi connectivity index (χ4v) is 3.86. The topological polar surface area (TPSA) is 91.3 Å². The molecule has 128 valence electrons. The summed E-state index contributed by atoms with van der Waals surface area (Å²) in [5.74, 6) is -1.47. The monoisotopic (exact) mass is 373 g/mol. The minimum atomic E-state index is -0.747. The molecule has 0 saturated heterocycles. The summed E-state index contributed by atoms with van der Waals surface area (Å²) in [6, 6.07) is 10.7. The maximum atomic E-state index is 11.9. The van der Waals surface area contributed by atoms with Gasteiger partial charge in [-0.3, -0.25) is 14.6 Å². The molecule has 8 heteroatoms. The van der Waals surface area contributed by atoms with Crippen LogP contribution in [0.2, 0.25) is 0 Å². The van der Waals surface area contributed by atoms with Gasteiger partial charge in [0.15, 0.2) is 0 Å². The lowest BCUT2D eigenvalue weighted by Gasteiger charge is -2.06. The van der Waals surface area contributed by atoms with Crippen LogP contribution in [0, 0.1) is 0 Å². The summed E-state index contributed by atoms with van der Waals surface area (Å²) in [7, 11) is 0. The van der Waals surface area contributed by atoms with Crippen molar-refractivity contribution >= 4 is 40.2 Å². The fraction of sp³-hybridized carbons (Fsp3) is 0.118. The van der Waals surface area contributed by atoms with E-state index in [4.69, 9.17) is 0 Å². The molecule has 2 amide bonds. The van der Waals surface area contributed by atoms with Gasteiger partial charge in [0.25, 0.3) is 0 Å². The molecular formula is C17H15N3O3S2. The Labute approximate surface area is 152 Å². The molecule has 3 N–H and O–H groups in total. The number of aliphatic hydroxyl groups is 1. The van der Waals surface area contributed by atoms with Gasteiger partial charge < -0.3 is 15.7 Å². The number of nitrogens with zero attached hydrogens (tertiary/aromatic N) is 1. The van der Waals surface area contributed by atoms with Crippen molar-refractivity contribution in [1.29, 1.82) is 0 Å². The molecule has 0 aliphatic heterocycles. The molecule has 3 rings (SSSR count). The molecule has 0 fully saturated rings. The lowest BCUT2D eigenvalue weighted by Crippen LogP contribution is -2.34. The smallest absolute Gasteiger partial charge is 0.313 e. The van der Waals surface area contributed by atoms with Crippen molar-refractivity contribution in [3.05, 3.63) is 68.8 Å². The average Bonchev–Trinajstić information content (AvgIpc) is 3.32. The third kappa shape index (κ3) is 4.50. The predicted octanol–water partition coefficient (Wildman–Crippen LogP) is 2.54. The maximum absolute atomic E-state index is 11.9. The number of amides is 2. The number of carbonyl (C=O) groups is 2. The van der Waals surface area contributed by atoms with E-state index in [9.17, 15) is 14.7 Å². The molecule has 0 bridgehead atoms. The Morgan fingerprint density at radius 1 is 1.12 bits per heavy atom. The van der Waals surface area contributed by atoms with Crippen LogP contribution in [0.4, 0.5) is 5.69 Å².